The molecule has 5 heteroatoms. The first-order valence-corrected chi connectivity index (χ1v) is 6.67. The Bertz CT molecular complexity index is 449. The molecule has 0 aliphatic rings. The summed E-state index contributed by atoms with van der Waals surface area (Å²) < 4.78 is 13.0. The average molecular weight is 287 g/mol. The van der Waals surface area contributed by atoms with E-state index in [0.717, 1.165) is 12.8 Å². The van der Waals surface area contributed by atoms with Gasteiger partial charge in [0.05, 0.1) is 10.7 Å². The van der Waals surface area contributed by atoms with E-state index in [1.165, 1.54) is 18.2 Å². The first-order valence-electron chi connectivity index (χ1n) is 6.29. The summed E-state index contributed by atoms with van der Waals surface area (Å²) >= 11 is 5.88. The molecule has 0 aliphatic carbocycles. The molecule has 1 amide bonds. The molecule has 0 heterocycles. The van der Waals surface area contributed by atoms with Crippen LogP contribution < -0.4 is 11.1 Å². The maximum atomic E-state index is 13.0. The molecule has 0 aromatic heterocycles. The maximum absolute atomic E-state index is 13.0. The van der Waals surface area contributed by atoms with Crippen molar-refractivity contribution in [2.75, 3.05) is 11.9 Å². The first-order chi connectivity index (χ1) is 8.84. The summed E-state index contributed by atoms with van der Waals surface area (Å²) in [5.41, 5.74) is 5.86. The van der Waals surface area contributed by atoms with Crippen LogP contribution in [0.1, 0.15) is 33.1 Å². The van der Waals surface area contributed by atoms with Gasteiger partial charge in [-0.2, -0.15) is 0 Å². The summed E-state index contributed by atoms with van der Waals surface area (Å²) in [5.74, 6) is -0.597. The highest BCUT2D eigenvalue weighted by molar-refractivity contribution is 6.33. The summed E-state index contributed by atoms with van der Waals surface area (Å²) in [6.45, 7) is 4.74. The van der Waals surface area contributed by atoms with Crippen LogP contribution in [0.3, 0.4) is 0 Å². The van der Waals surface area contributed by atoms with Gasteiger partial charge in [0.15, 0.2) is 0 Å². The van der Waals surface area contributed by atoms with Gasteiger partial charge in [-0.3, -0.25) is 4.79 Å². The summed E-state index contributed by atoms with van der Waals surface area (Å²) in [7, 11) is 0. The molecule has 0 bridgehead atoms. The zero-order valence-electron chi connectivity index (χ0n) is 11.3. The van der Waals surface area contributed by atoms with Gasteiger partial charge in [0.2, 0.25) is 5.91 Å². The Kier molecular flexibility index (Phi) is 5.76. The van der Waals surface area contributed by atoms with Crippen LogP contribution in [0.4, 0.5) is 10.1 Å². The van der Waals surface area contributed by atoms with Crippen molar-refractivity contribution in [1.82, 2.24) is 0 Å². The molecule has 1 aromatic carbocycles. The largest absolute Gasteiger partial charge is 0.330 e. The van der Waals surface area contributed by atoms with Crippen LogP contribution in [0.15, 0.2) is 18.2 Å². The Labute approximate surface area is 118 Å². The van der Waals surface area contributed by atoms with Crippen molar-refractivity contribution in [2.45, 2.75) is 33.1 Å². The number of nitrogens with one attached hydrogen (secondary N) is 1. The molecule has 19 heavy (non-hydrogen) atoms. The van der Waals surface area contributed by atoms with Crippen molar-refractivity contribution in [3.63, 3.8) is 0 Å². The normalized spacial score (nSPS) is 11.4. The molecule has 0 fully saturated rings. The van der Waals surface area contributed by atoms with E-state index in [1.807, 2.05) is 0 Å². The van der Waals surface area contributed by atoms with Crippen molar-refractivity contribution in [2.24, 2.45) is 11.1 Å². The van der Waals surface area contributed by atoms with Crippen LogP contribution in [0.5, 0.6) is 0 Å². The standard InChI is InChI=1S/C14H20ClFN2O/c1-14(2,7-8-17)6-5-13(19)18-12-9-10(16)3-4-11(12)15/h3-4,9H,5-8,17H2,1-2H3,(H,18,19). The summed E-state index contributed by atoms with van der Waals surface area (Å²) in [4.78, 5) is 11.8. The number of nitrogens with two attached hydrogens (primary N) is 1. The monoisotopic (exact) mass is 286 g/mol. The smallest absolute Gasteiger partial charge is 0.224 e. The van der Waals surface area contributed by atoms with Crippen molar-refractivity contribution < 1.29 is 9.18 Å². The zero-order valence-corrected chi connectivity index (χ0v) is 12.1. The second-order valence-corrected chi connectivity index (χ2v) is 5.78. The van der Waals surface area contributed by atoms with Crippen LogP contribution in [-0.2, 0) is 4.79 Å². The SMILES string of the molecule is CC(C)(CCN)CCC(=O)Nc1cc(F)ccc1Cl. The van der Waals surface area contributed by atoms with E-state index in [0.29, 0.717) is 23.7 Å². The Balaban J connectivity index is 2.54. The lowest BCUT2D eigenvalue weighted by Gasteiger charge is -2.23. The molecule has 3 N–H and O–H groups in total. The molecule has 1 aromatic rings. The van der Waals surface area contributed by atoms with Crippen LogP contribution in [-0.4, -0.2) is 12.5 Å². The number of rotatable bonds is 6. The second kappa shape index (κ2) is 6.87. The number of benzene rings is 1. The van der Waals surface area contributed by atoms with Gasteiger partial charge in [-0.15, -0.1) is 0 Å². The average Bonchev–Trinajstić information content (AvgIpc) is 2.31. The van der Waals surface area contributed by atoms with Crippen LogP contribution in [0.2, 0.25) is 5.02 Å². The quantitative estimate of drug-likeness (QED) is 0.840. The maximum Gasteiger partial charge on any atom is 0.224 e. The Morgan fingerprint density at radius 2 is 2.11 bits per heavy atom. The topological polar surface area (TPSA) is 55.1 Å². The predicted molar refractivity (Wildman–Crippen MR) is 76.7 cm³/mol. The molecule has 0 saturated carbocycles. The molecule has 3 nitrogen and oxygen atoms in total. The Morgan fingerprint density at radius 1 is 1.42 bits per heavy atom. The number of hydrogen-bond donors (Lipinski definition) is 2. The zero-order chi connectivity index (χ0) is 14.5. The lowest BCUT2D eigenvalue weighted by atomic mass is 9.84. The van der Waals surface area contributed by atoms with E-state index >= 15 is 0 Å². The van der Waals surface area contributed by atoms with Gasteiger partial charge >= 0.3 is 0 Å². The van der Waals surface area contributed by atoms with Crippen LogP contribution >= 0.6 is 11.6 Å². The molecule has 1 rings (SSSR count). The molecule has 0 atom stereocenters. The molecular formula is C14H20ClFN2O. The van der Waals surface area contributed by atoms with Gasteiger partial charge in [-0.25, -0.2) is 4.39 Å². The number of hydrogen-bond acceptors (Lipinski definition) is 2. The number of carbonyl (C=O) groups excluding carboxylic acids is 1. The van der Waals surface area contributed by atoms with Gasteiger partial charge in [0.1, 0.15) is 5.82 Å². The van der Waals surface area contributed by atoms with Gasteiger partial charge in [0, 0.05) is 6.42 Å². The highest BCUT2D eigenvalue weighted by Gasteiger charge is 2.18. The summed E-state index contributed by atoms with van der Waals surface area (Å²) in [6.07, 6.45) is 1.95. The molecule has 106 valence electrons. The summed E-state index contributed by atoms with van der Waals surface area (Å²) in [6, 6.07) is 3.89. The minimum Gasteiger partial charge on any atom is -0.330 e. The van der Waals surface area contributed by atoms with E-state index in [9.17, 15) is 9.18 Å². The van der Waals surface area contributed by atoms with Crippen molar-refractivity contribution in [3.05, 3.63) is 29.0 Å². The highest BCUT2D eigenvalue weighted by Crippen LogP contribution is 2.27. The van der Waals surface area contributed by atoms with Crippen LogP contribution in [0, 0.1) is 11.2 Å². The predicted octanol–water partition coefficient (Wildman–Crippen LogP) is 3.57. The van der Waals surface area contributed by atoms with E-state index in [4.69, 9.17) is 17.3 Å². The molecule has 0 aliphatic heterocycles. The second-order valence-electron chi connectivity index (χ2n) is 5.38. The first kappa shape index (κ1) is 15.9. The van der Waals surface area contributed by atoms with Gasteiger partial charge < -0.3 is 11.1 Å². The number of anilines is 1. The molecule has 0 unspecified atom stereocenters. The third kappa shape index (κ3) is 5.57. The third-order valence-corrected chi connectivity index (χ3v) is 3.38. The van der Waals surface area contributed by atoms with E-state index in [2.05, 4.69) is 19.2 Å². The Morgan fingerprint density at radius 3 is 2.74 bits per heavy atom. The minimum atomic E-state index is -0.428. The van der Waals surface area contributed by atoms with Crippen molar-refractivity contribution in [1.29, 1.82) is 0 Å². The lowest BCUT2D eigenvalue weighted by Crippen LogP contribution is -2.20. The molecule has 0 radical (unpaired) electrons. The number of carbonyl (C=O) groups is 1. The lowest BCUT2D eigenvalue weighted by molar-refractivity contribution is -0.116. The minimum absolute atomic E-state index is 0.0256. The summed E-state index contributed by atoms with van der Waals surface area (Å²) in [5, 5.41) is 2.95. The van der Waals surface area contributed by atoms with E-state index < -0.39 is 5.82 Å². The van der Waals surface area contributed by atoms with E-state index in [1.54, 1.807) is 0 Å². The fraction of sp³-hybridized carbons (Fsp3) is 0.500. The highest BCUT2D eigenvalue weighted by atomic mass is 35.5. The van der Waals surface area contributed by atoms with Gasteiger partial charge in [-0.05, 0) is 43.0 Å². The van der Waals surface area contributed by atoms with Crippen molar-refractivity contribution >= 4 is 23.2 Å². The van der Waals surface area contributed by atoms with Crippen molar-refractivity contribution in [3.8, 4) is 0 Å². The van der Waals surface area contributed by atoms with Gasteiger partial charge in [-0.1, -0.05) is 25.4 Å². The number of halogens is 2. The molecule has 0 spiro atoms. The fourth-order valence-electron chi connectivity index (χ4n) is 1.77. The molecule has 0 saturated heterocycles. The Hall–Kier alpha value is -1.13. The van der Waals surface area contributed by atoms with Gasteiger partial charge in [0.25, 0.3) is 0 Å². The third-order valence-electron chi connectivity index (χ3n) is 3.05. The van der Waals surface area contributed by atoms with Crippen LogP contribution in [0.25, 0.3) is 0 Å². The fourth-order valence-corrected chi connectivity index (χ4v) is 1.94. The molecular weight excluding hydrogens is 267 g/mol. The van der Waals surface area contributed by atoms with E-state index in [-0.39, 0.29) is 11.3 Å². The number of amides is 1.